The predicted octanol–water partition coefficient (Wildman–Crippen LogP) is 3.07. The van der Waals surface area contributed by atoms with Gasteiger partial charge < -0.3 is 9.84 Å². The molecule has 0 saturated carbocycles. The molecular formula is C20H16N2O4. The quantitative estimate of drug-likeness (QED) is 0.529. The number of fused-ring (bicyclic) bond motifs is 1. The minimum atomic E-state index is -1.05. The van der Waals surface area contributed by atoms with Crippen molar-refractivity contribution in [1.29, 1.82) is 0 Å². The van der Waals surface area contributed by atoms with Crippen LogP contribution < -0.4 is 10.2 Å². The average Bonchev–Trinajstić information content (AvgIpc) is 2.66. The Bertz CT molecular complexity index is 977. The lowest BCUT2D eigenvalue weighted by Crippen LogP contribution is -2.17. The van der Waals surface area contributed by atoms with Crippen LogP contribution in [0.1, 0.15) is 15.9 Å². The molecule has 0 aromatic heterocycles. The number of benzene rings is 3. The first-order valence-electron chi connectivity index (χ1n) is 7.89. The first kappa shape index (κ1) is 17.2. The van der Waals surface area contributed by atoms with E-state index in [2.05, 4.69) is 10.5 Å². The lowest BCUT2D eigenvalue weighted by atomic mass is 10.0. The molecule has 0 atom stereocenters. The first-order valence-corrected chi connectivity index (χ1v) is 7.89. The van der Waals surface area contributed by atoms with E-state index < -0.39 is 12.6 Å². The van der Waals surface area contributed by atoms with Crippen molar-refractivity contribution in [3.8, 4) is 5.75 Å². The maximum Gasteiger partial charge on any atom is 0.341 e. The standard InChI is InChI=1S/C20H16N2O4/c23-19(24)13-26-16-8-3-5-14(11-16)12-21-22-20(25)18-10-4-7-15-6-1-2-9-17(15)18/h1-12H,13H2,(H,22,25)(H,23,24). The molecule has 0 bridgehead atoms. The Balaban J connectivity index is 1.69. The van der Waals surface area contributed by atoms with E-state index >= 15 is 0 Å². The number of carboxylic acid groups (broad SMARTS) is 1. The largest absolute Gasteiger partial charge is 0.482 e. The Morgan fingerprint density at radius 3 is 2.65 bits per heavy atom. The van der Waals surface area contributed by atoms with Crippen LogP contribution in [-0.4, -0.2) is 29.8 Å². The van der Waals surface area contributed by atoms with Crippen molar-refractivity contribution in [2.75, 3.05) is 6.61 Å². The second kappa shape index (κ2) is 7.94. The van der Waals surface area contributed by atoms with Gasteiger partial charge in [-0.05, 0) is 34.5 Å². The lowest BCUT2D eigenvalue weighted by Gasteiger charge is -2.05. The summed E-state index contributed by atoms with van der Waals surface area (Å²) in [5.74, 6) is -0.945. The van der Waals surface area contributed by atoms with E-state index in [4.69, 9.17) is 9.84 Å². The molecule has 0 spiro atoms. The molecular weight excluding hydrogens is 332 g/mol. The van der Waals surface area contributed by atoms with Crippen LogP contribution in [0.5, 0.6) is 5.75 Å². The number of amides is 1. The SMILES string of the molecule is O=C(O)COc1cccc(C=NNC(=O)c2cccc3ccccc23)c1. The van der Waals surface area contributed by atoms with Crippen molar-refractivity contribution in [2.24, 2.45) is 5.10 Å². The number of hydrogen-bond acceptors (Lipinski definition) is 4. The molecule has 0 radical (unpaired) electrons. The third-order valence-corrected chi connectivity index (χ3v) is 3.63. The van der Waals surface area contributed by atoms with Gasteiger partial charge in [0.25, 0.3) is 5.91 Å². The van der Waals surface area contributed by atoms with Crippen molar-refractivity contribution >= 4 is 28.9 Å². The van der Waals surface area contributed by atoms with Gasteiger partial charge in [-0.3, -0.25) is 4.79 Å². The van der Waals surface area contributed by atoms with E-state index in [0.717, 1.165) is 10.8 Å². The van der Waals surface area contributed by atoms with E-state index in [1.165, 1.54) is 6.21 Å². The number of hydrogen-bond donors (Lipinski definition) is 2. The highest BCUT2D eigenvalue weighted by molar-refractivity contribution is 6.07. The second-order valence-electron chi connectivity index (χ2n) is 5.48. The van der Waals surface area contributed by atoms with Gasteiger partial charge in [0.1, 0.15) is 5.75 Å². The molecule has 0 aliphatic rings. The van der Waals surface area contributed by atoms with Gasteiger partial charge in [0.15, 0.2) is 6.61 Å². The summed E-state index contributed by atoms with van der Waals surface area (Å²) in [7, 11) is 0. The molecule has 2 N–H and O–H groups in total. The van der Waals surface area contributed by atoms with Crippen LogP contribution >= 0.6 is 0 Å². The Morgan fingerprint density at radius 1 is 1.04 bits per heavy atom. The highest BCUT2D eigenvalue weighted by atomic mass is 16.5. The normalized spacial score (nSPS) is 10.8. The summed E-state index contributed by atoms with van der Waals surface area (Å²) in [6, 6.07) is 19.9. The third kappa shape index (κ3) is 4.24. The van der Waals surface area contributed by atoms with Crippen molar-refractivity contribution in [3.05, 3.63) is 77.9 Å². The molecule has 0 saturated heterocycles. The van der Waals surface area contributed by atoms with Gasteiger partial charge in [0.2, 0.25) is 0 Å². The molecule has 0 heterocycles. The van der Waals surface area contributed by atoms with Gasteiger partial charge in [-0.25, -0.2) is 10.2 Å². The number of aliphatic carboxylic acids is 1. The highest BCUT2D eigenvalue weighted by Crippen LogP contribution is 2.18. The van der Waals surface area contributed by atoms with Crippen LogP contribution in [0.15, 0.2) is 71.8 Å². The zero-order valence-electron chi connectivity index (χ0n) is 13.8. The molecule has 6 heteroatoms. The third-order valence-electron chi connectivity index (χ3n) is 3.63. The minimum absolute atomic E-state index is 0.309. The Morgan fingerprint density at radius 2 is 1.81 bits per heavy atom. The van der Waals surface area contributed by atoms with Crippen LogP contribution in [0.25, 0.3) is 10.8 Å². The van der Waals surface area contributed by atoms with Crippen LogP contribution in [0.4, 0.5) is 0 Å². The summed E-state index contributed by atoms with van der Waals surface area (Å²) in [6.45, 7) is -0.418. The summed E-state index contributed by atoms with van der Waals surface area (Å²) >= 11 is 0. The number of carboxylic acids is 1. The number of carbonyl (C=O) groups excluding carboxylic acids is 1. The number of rotatable bonds is 6. The van der Waals surface area contributed by atoms with Gasteiger partial charge in [0, 0.05) is 5.56 Å². The highest BCUT2D eigenvalue weighted by Gasteiger charge is 2.08. The Kier molecular flexibility index (Phi) is 5.24. The fraction of sp³-hybridized carbons (Fsp3) is 0.0500. The molecule has 0 unspecified atom stereocenters. The molecule has 3 aromatic carbocycles. The maximum absolute atomic E-state index is 12.4. The number of nitrogens with zero attached hydrogens (tertiary/aromatic N) is 1. The number of ether oxygens (including phenoxy) is 1. The zero-order chi connectivity index (χ0) is 18.4. The molecule has 0 aliphatic heterocycles. The van der Waals surface area contributed by atoms with Crippen molar-refractivity contribution in [1.82, 2.24) is 5.43 Å². The van der Waals surface area contributed by atoms with Gasteiger partial charge in [-0.1, -0.05) is 48.5 Å². The number of carbonyl (C=O) groups is 2. The molecule has 130 valence electrons. The second-order valence-corrected chi connectivity index (χ2v) is 5.48. The molecule has 0 aliphatic carbocycles. The van der Waals surface area contributed by atoms with E-state index in [9.17, 15) is 9.59 Å². The van der Waals surface area contributed by atoms with E-state index in [1.807, 2.05) is 36.4 Å². The van der Waals surface area contributed by atoms with Crippen molar-refractivity contribution < 1.29 is 19.4 Å². The summed E-state index contributed by atoms with van der Waals surface area (Å²) < 4.78 is 5.10. The van der Waals surface area contributed by atoms with Crippen molar-refractivity contribution in [3.63, 3.8) is 0 Å². The fourth-order valence-electron chi connectivity index (χ4n) is 2.48. The van der Waals surface area contributed by atoms with E-state index in [0.29, 0.717) is 16.9 Å². The smallest absolute Gasteiger partial charge is 0.341 e. The summed E-state index contributed by atoms with van der Waals surface area (Å²) in [4.78, 5) is 22.9. The summed E-state index contributed by atoms with van der Waals surface area (Å²) in [5, 5.41) is 14.4. The van der Waals surface area contributed by atoms with Gasteiger partial charge in [-0.15, -0.1) is 0 Å². The van der Waals surface area contributed by atoms with Crippen LogP contribution in [-0.2, 0) is 4.79 Å². The Hall–Kier alpha value is -3.67. The maximum atomic E-state index is 12.4. The molecule has 3 rings (SSSR count). The predicted molar refractivity (Wildman–Crippen MR) is 98.6 cm³/mol. The van der Waals surface area contributed by atoms with Crippen LogP contribution in [0.3, 0.4) is 0 Å². The first-order chi connectivity index (χ1) is 12.6. The fourth-order valence-corrected chi connectivity index (χ4v) is 2.48. The monoisotopic (exact) mass is 348 g/mol. The Labute approximate surface area is 149 Å². The molecule has 3 aromatic rings. The van der Waals surface area contributed by atoms with Gasteiger partial charge in [0.05, 0.1) is 6.21 Å². The van der Waals surface area contributed by atoms with Crippen LogP contribution in [0.2, 0.25) is 0 Å². The molecule has 26 heavy (non-hydrogen) atoms. The van der Waals surface area contributed by atoms with E-state index in [-0.39, 0.29) is 5.91 Å². The van der Waals surface area contributed by atoms with Gasteiger partial charge in [-0.2, -0.15) is 5.10 Å². The summed E-state index contributed by atoms with van der Waals surface area (Å²) in [6.07, 6.45) is 1.47. The van der Waals surface area contributed by atoms with E-state index in [1.54, 1.807) is 30.3 Å². The summed E-state index contributed by atoms with van der Waals surface area (Å²) in [5.41, 5.74) is 3.72. The number of nitrogens with one attached hydrogen (secondary N) is 1. The van der Waals surface area contributed by atoms with Crippen molar-refractivity contribution in [2.45, 2.75) is 0 Å². The topological polar surface area (TPSA) is 88.0 Å². The zero-order valence-corrected chi connectivity index (χ0v) is 13.8. The average molecular weight is 348 g/mol. The molecule has 0 fully saturated rings. The van der Waals surface area contributed by atoms with Crippen LogP contribution in [0, 0.1) is 0 Å². The minimum Gasteiger partial charge on any atom is -0.482 e. The lowest BCUT2D eigenvalue weighted by molar-refractivity contribution is -0.139. The number of hydrazone groups is 1. The molecule has 1 amide bonds. The molecule has 6 nitrogen and oxygen atoms in total. The van der Waals surface area contributed by atoms with Gasteiger partial charge >= 0.3 is 5.97 Å².